The van der Waals surface area contributed by atoms with Crippen LogP contribution in [0.2, 0.25) is 0 Å². The van der Waals surface area contributed by atoms with E-state index >= 15 is 0 Å². The van der Waals surface area contributed by atoms with Crippen LogP contribution in [0.1, 0.15) is 37.7 Å². The normalized spacial score (nSPS) is 22.8. The number of halogens is 1. The number of piperidine rings is 1. The van der Waals surface area contributed by atoms with E-state index in [-0.39, 0.29) is 24.1 Å². The van der Waals surface area contributed by atoms with E-state index in [9.17, 15) is 9.18 Å². The lowest BCUT2D eigenvalue weighted by molar-refractivity contribution is -0.124. The standard InChI is InChI=1S/C19H27FN2O3/c20-17-3-1-16(2-4-17)14-21-18(24)22-9-7-19(8-10-22)13-15(5-11-23)6-12-25-19/h1-4,15,23H,5-14H2,(H,21,24). The van der Waals surface area contributed by atoms with Crippen LogP contribution < -0.4 is 5.32 Å². The second-order valence-corrected chi connectivity index (χ2v) is 7.17. The second kappa shape index (κ2) is 8.15. The minimum Gasteiger partial charge on any atom is -0.396 e. The Kier molecular flexibility index (Phi) is 5.91. The van der Waals surface area contributed by atoms with Crippen LogP contribution in [0.25, 0.3) is 0 Å². The molecule has 0 saturated carbocycles. The van der Waals surface area contributed by atoms with Gasteiger partial charge in [-0.1, -0.05) is 12.1 Å². The van der Waals surface area contributed by atoms with E-state index in [1.54, 1.807) is 12.1 Å². The third-order valence-corrected chi connectivity index (χ3v) is 5.45. The fourth-order valence-corrected chi connectivity index (χ4v) is 3.92. The molecule has 2 aliphatic heterocycles. The zero-order valence-electron chi connectivity index (χ0n) is 14.5. The molecule has 1 aromatic carbocycles. The van der Waals surface area contributed by atoms with Crippen LogP contribution in [-0.4, -0.2) is 47.9 Å². The first-order valence-corrected chi connectivity index (χ1v) is 9.12. The summed E-state index contributed by atoms with van der Waals surface area (Å²) in [6.45, 7) is 2.75. The van der Waals surface area contributed by atoms with Gasteiger partial charge in [0.05, 0.1) is 5.60 Å². The maximum atomic E-state index is 12.9. The number of nitrogens with one attached hydrogen (secondary N) is 1. The Balaban J connectivity index is 1.46. The van der Waals surface area contributed by atoms with Crippen LogP contribution in [-0.2, 0) is 11.3 Å². The Morgan fingerprint density at radius 1 is 1.32 bits per heavy atom. The third kappa shape index (κ3) is 4.70. The number of rotatable bonds is 4. The molecule has 3 rings (SSSR count). The lowest BCUT2D eigenvalue weighted by Gasteiger charge is -2.46. The summed E-state index contributed by atoms with van der Waals surface area (Å²) in [6.07, 6.45) is 4.54. The molecule has 1 atom stereocenters. The first kappa shape index (κ1) is 18.1. The average Bonchev–Trinajstić information content (AvgIpc) is 2.62. The number of urea groups is 1. The molecule has 0 radical (unpaired) electrons. The SMILES string of the molecule is O=C(NCc1ccc(F)cc1)N1CCC2(CC1)CC(CCO)CCO2. The summed E-state index contributed by atoms with van der Waals surface area (Å²) in [7, 11) is 0. The summed E-state index contributed by atoms with van der Waals surface area (Å²) >= 11 is 0. The van der Waals surface area contributed by atoms with Gasteiger partial charge in [-0.2, -0.15) is 0 Å². The highest BCUT2D eigenvalue weighted by Gasteiger charge is 2.40. The largest absolute Gasteiger partial charge is 0.396 e. The number of aliphatic hydroxyl groups excluding tert-OH is 1. The van der Waals surface area contributed by atoms with Crippen molar-refractivity contribution in [2.45, 2.75) is 44.2 Å². The molecular weight excluding hydrogens is 323 g/mol. The Bertz CT molecular complexity index is 569. The molecule has 6 heteroatoms. The molecule has 5 nitrogen and oxygen atoms in total. The molecule has 2 N–H and O–H groups in total. The van der Waals surface area contributed by atoms with Crippen LogP contribution >= 0.6 is 0 Å². The summed E-state index contributed by atoms with van der Waals surface area (Å²) in [5, 5.41) is 12.1. The monoisotopic (exact) mass is 350 g/mol. The van der Waals surface area contributed by atoms with Gasteiger partial charge >= 0.3 is 6.03 Å². The molecule has 2 aliphatic rings. The fraction of sp³-hybridized carbons (Fsp3) is 0.632. The maximum Gasteiger partial charge on any atom is 0.317 e. The van der Waals surface area contributed by atoms with Gasteiger partial charge in [0.15, 0.2) is 0 Å². The van der Waals surface area contributed by atoms with Crippen molar-refractivity contribution in [2.75, 3.05) is 26.3 Å². The number of likely N-dealkylation sites (tertiary alicyclic amines) is 1. The van der Waals surface area contributed by atoms with Gasteiger partial charge in [-0.3, -0.25) is 0 Å². The molecule has 0 aromatic heterocycles. The molecule has 2 amide bonds. The predicted molar refractivity (Wildman–Crippen MR) is 92.6 cm³/mol. The quantitative estimate of drug-likeness (QED) is 0.878. The van der Waals surface area contributed by atoms with Gasteiger partial charge in [0.1, 0.15) is 5.82 Å². The van der Waals surface area contributed by atoms with Gasteiger partial charge in [-0.15, -0.1) is 0 Å². The molecular formula is C19H27FN2O3. The summed E-state index contributed by atoms with van der Waals surface area (Å²) < 4.78 is 19.0. The van der Waals surface area contributed by atoms with Gasteiger partial charge in [0, 0.05) is 32.8 Å². The van der Waals surface area contributed by atoms with Crippen LogP contribution in [0.4, 0.5) is 9.18 Å². The van der Waals surface area contributed by atoms with Crippen molar-refractivity contribution in [3.8, 4) is 0 Å². The van der Waals surface area contributed by atoms with Crippen LogP contribution in [0.3, 0.4) is 0 Å². The van der Waals surface area contributed by atoms with Crippen LogP contribution in [0.15, 0.2) is 24.3 Å². The van der Waals surface area contributed by atoms with Gasteiger partial charge in [-0.05, 0) is 55.7 Å². The van der Waals surface area contributed by atoms with E-state index in [0.29, 0.717) is 25.6 Å². The van der Waals surface area contributed by atoms with Crippen molar-refractivity contribution in [1.29, 1.82) is 0 Å². The Labute approximate surface area is 148 Å². The van der Waals surface area contributed by atoms with Crippen LogP contribution in [0.5, 0.6) is 0 Å². The van der Waals surface area contributed by atoms with E-state index < -0.39 is 0 Å². The molecule has 138 valence electrons. The molecule has 0 aliphatic carbocycles. The van der Waals surface area contributed by atoms with Gasteiger partial charge in [0.25, 0.3) is 0 Å². The lowest BCUT2D eigenvalue weighted by Crippen LogP contribution is -2.52. The molecule has 0 bridgehead atoms. The number of ether oxygens (including phenoxy) is 1. The second-order valence-electron chi connectivity index (χ2n) is 7.17. The van der Waals surface area contributed by atoms with E-state index in [1.807, 2.05) is 4.90 Å². The number of hydrogen-bond acceptors (Lipinski definition) is 3. The van der Waals surface area contributed by atoms with Crippen molar-refractivity contribution in [2.24, 2.45) is 5.92 Å². The molecule has 2 heterocycles. The van der Waals surface area contributed by atoms with E-state index in [4.69, 9.17) is 9.84 Å². The summed E-state index contributed by atoms with van der Waals surface area (Å²) in [4.78, 5) is 14.2. The van der Waals surface area contributed by atoms with Crippen molar-refractivity contribution in [3.05, 3.63) is 35.6 Å². The smallest absolute Gasteiger partial charge is 0.317 e. The number of amides is 2. The molecule has 1 unspecified atom stereocenters. The Hall–Kier alpha value is -1.66. The zero-order valence-corrected chi connectivity index (χ0v) is 14.5. The predicted octanol–water partition coefficient (Wildman–Crippen LogP) is 2.68. The van der Waals surface area contributed by atoms with E-state index in [0.717, 1.165) is 44.3 Å². The van der Waals surface area contributed by atoms with Crippen molar-refractivity contribution >= 4 is 6.03 Å². The number of carbonyl (C=O) groups excluding carboxylic acids is 1. The molecule has 1 aromatic rings. The van der Waals surface area contributed by atoms with Crippen molar-refractivity contribution < 1.29 is 19.0 Å². The lowest BCUT2D eigenvalue weighted by atomic mass is 9.78. The average molecular weight is 350 g/mol. The fourth-order valence-electron chi connectivity index (χ4n) is 3.92. The summed E-state index contributed by atoms with van der Waals surface area (Å²) in [6, 6.07) is 6.07. The first-order valence-electron chi connectivity index (χ1n) is 9.12. The van der Waals surface area contributed by atoms with Crippen LogP contribution in [0, 0.1) is 11.7 Å². The third-order valence-electron chi connectivity index (χ3n) is 5.45. The van der Waals surface area contributed by atoms with Crippen molar-refractivity contribution in [1.82, 2.24) is 10.2 Å². The number of carbonyl (C=O) groups is 1. The maximum absolute atomic E-state index is 12.9. The van der Waals surface area contributed by atoms with E-state index in [1.165, 1.54) is 12.1 Å². The van der Waals surface area contributed by atoms with E-state index in [2.05, 4.69) is 5.32 Å². The number of hydrogen-bond donors (Lipinski definition) is 2. The molecule has 25 heavy (non-hydrogen) atoms. The molecule has 2 fully saturated rings. The Morgan fingerprint density at radius 3 is 2.72 bits per heavy atom. The number of nitrogens with zero attached hydrogens (tertiary/aromatic N) is 1. The highest BCUT2D eigenvalue weighted by molar-refractivity contribution is 5.74. The highest BCUT2D eigenvalue weighted by Crippen LogP contribution is 2.38. The summed E-state index contributed by atoms with van der Waals surface area (Å²) in [5.74, 6) is 0.251. The molecule has 2 saturated heterocycles. The van der Waals surface area contributed by atoms with Gasteiger partial charge < -0.3 is 20.1 Å². The zero-order chi connectivity index (χ0) is 17.7. The van der Waals surface area contributed by atoms with Crippen molar-refractivity contribution in [3.63, 3.8) is 0 Å². The number of benzene rings is 1. The Morgan fingerprint density at radius 2 is 2.04 bits per heavy atom. The minimum absolute atomic E-state index is 0.0816. The minimum atomic E-state index is -0.275. The van der Waals surface area contributed by atoms with Gasteiger partial charge in [0.2, 0.25) is 0 Å². The molecule has 1 spiro atoms. The van der Waals surface area contributed by atoms with Gasteiger partial charge in [-0.25, -0.2) is 9.18 Å². The number of aliphatic hydroxyl groups is 1. The first-order chi connectivity index (χ1) is 12.1. The summed E-state index contributed by atoms with van der Waals surface area (Å²) in [5.41, 5.74) is 0.761. The highest BCUT2D eigenvalue weighted by atomic mass is 19.1. The topological polar surface area (TPSA) is 61.8 Å².